The number of aromatic nitrogens is 1. The molecule has 0 spiro atoms. The van der Waals surface area contributed by atoms with E-state index in [2.05, 4.69) is 10.3 Å². The van der Waals surface area contributed by atoms with Gasteiger partial charge in [-0.05, 0) is 48.4 Å². The van der Waals surface area contributed by atoms with Crippen LogP contribution < -0.4 is 5.32 Å². The van der Waals surface area contributed by atoms with E-state index < -0.39 is 11.8 Å². The fourth-order valence-electron chi connectivity index (χ4n) is 3.32. The van der Waals surface area contributed by atoms with Crippen molar-refractivity contribution in [1.29, 1.82) is 0 Å². The summed E-state index contributed by atoms with van der Waals surface area (Å²) < 4.78 is 0. The van der Waals surface area contributed by atoms with Crippen molar-refractivity contribution in [1.82, 2.24) is 9.88 Å². The number of amides is 2. The van der Waals surface area contributed by atoms with Crippen molar-refractivity contribution in [2.75, 3.05) is 5.32 Å². The number of pyridine rings is 1. The van der Waals surface area contributed by atoms with Crippen molar-refractivity contribution >= 4 is 46.3 Å². The van der Waals surface area contributed by atoms with Crippen molar-refractivity contribution in [3.63, 3.8) is 0 Å². The molecule has 0 saturated heterocycles. The average Bonchev–Trinajstić information content (AvgIpc) is 2.93. The normalized spacial score (nSPS) is 13.9. The molecule has 2 heterocycles. The molecule has 0 fully saturated rings. The lowest BCUT2D eigenvalue weighted by Crippen LogP contribution is -2.32. The molecule has 3 aromatic rings. The maximum Gasteiger partial charge on any atom is 0.278 e. The van der Waals surface area contributed by atoms with Gasteiger partial charge in [-0.2, -0.15) is 0 Å². The highest BCUT2D eigenvalue weighted by atomic mass is 35.5. The number of imide groups is 1. The number of rotatable bonds is 5. The standard InChI is InChI=1S/C23H17Cl2N3O2/c1-14-4-2-6-17(10-14)27-21-20(18-8-7-16(24)11-19(18)25)22(29)28(23(21)30)13-15-5-3-9-26-12-15/h2-12,27H,13H2,1H3. The predicted molar refractivity (Wildman–Crippen MR) is 118 cm³/mol. The minimum Gasteiger partial charge on any atom is -0.350 e. The largest absolute Gasteiger partial charge is 0.350 e. The summed E-state index contributed by atoms with van der Waals surface area (Å²) in [5.41, 5.74) is 3.32. The van der Waals surface area contributed by atoms with Crippen molar-refractivity contribution in [3.8, 4) is 0 Å². The molecule has 0 bridgehead atoms. The zero-order chi connectivity index (χ0) is 21.3. The zero-order valence-corrected chi connectivity index (χ0v) is 17.5. The molecule has 2 amide bonds. The number of benzene rings is 2. The highest BCUT2D eigenvalue weighted by Crippen LogP contribution is 2.36. The Morgan fingerprint density at radius 1 is 1.00 bits per heavy atom. The SMILES string of the molecule is Cc1cccc(NC2=C(c3ccc(Cl)cc3Cl)C(=O)N(Cc3cccnc3)C2=O)c1. The fourth-order valence-corrected chi connectivity index (χ4v) is 3.82. The second kappa shape index (κ2) is 8.30. The van der Waals surface area contributed by atoms with E-state index in [0.29, 0.717) is 21.3 Å². The van der Waals surface area contributed by atoms with Crippen LogP contribution in [0.3, 0.4) is 0 Å². The first-order chi connectivity index (χ1) is 14.4. The molecule has 2 aromatic carbocycles. The molecule has 0 atom stereocenters. The van der Waals surface area contributed by atoms with E-state index in [1.165, 1.54) is 4.90 Å². The molecule has 0 saturated carbocycles. The number of carbonyl (C=O) groups is 2. The number of hydrogen-bond donors (Lipinski definition) is 1. The lowest BCUT2D eigenvalue weighted by Gasteiger charge is -2.15. The van der Waals surface area contributed by atoms with Crippen LogP contribution in [0.2, 0.25) is 10.0 Å². The molecule has 1 N–H and O–H groups in total. The first-order valence-corrected chi connectivity index (χ1v) is 9.98. The van der Waals surface area contributed by atoms with Crippen molar-refractivity contribution in [2.24, 2.45) is 0 Å². The molecular weight excluding hydrogens is 421 g/mol. The van der Waals surface area contributed by atoms with E-state index >= 15 is 0 Å². The number of carbonyl (C=O) groups excluding carboxylic acids is 2. The Hall–Kier alpha value is -3.15. The van der Waals surface area contributed by atoms with Gasteiger partial charge in [0.15, 0.2) is 0 Å². The third-order valence-corrected chi connectivity index (χ3v) is 5.27. The Morgan fingerprint density at radius 3 is 2.53 bits per heavy atom. The average molecular weight is 438 g/mol. The molecule has 0 radical (unpaired) electrons. The Bertz CT molecular complexity index is 1180. The van der Waals surface area contributed by atoms with Gasteiger partial charge in [-0.15, -0.1) is 0 Å². The van der Waals surface area contributed by atoms with Gasteiger partial charge in [0.1, 0.15) is 5.70 Å². The lowest BCUT2D eigenvalue weighted by atomic mass is 10.0. The molecule has 0 aliphatic carbocycles. The summed E-state index contributed by atoms with van der Waals surface area (Å²) in [6.07, 6.45) is 3.26. The smallest absolute Gasteiger partial charge is 0.278 e. The molecule has 5 nitrogen and oxygen atoms in total. The summed E-state index contributed by atoms with van der Waals surface area (Å²) in [5, 5.41) is 3.87. The van der Waals surface area contributed by atoms with Gasteiger partial charge >= 0.3 is 0 Å². The molecular formula is C23H17Cl2N3O2. The van der Waals surface area contributed by atoms with E-state index in [1.807, 2.05) is 37.3 Å². The highest BCUT2D eigenvalue weighted by molar-refractivity contribution is 6.41. The molecule has 1 aliphatic heterocycles. The third kappa shape index (κ3) is 3.95. The van der Waals surface area contributed by atoms with Crippen LogP contribution in [0.15, 0.2) is 72.7 Å². The maximum atomic E-state index is 13.3. The number of halogens is 2. The van der Waals surface area contributed by atoms with Gasteiger partial charge in [0.2, 0.25) is 0 Å². The van der Waals surface area contributed by atoms with E-state index in [1.54, 1.807) is 36.7 Å². The Balaban J connectivity index is 1.79. The predicted octanol–water partition coefficient (Wildman–Crippen LogP) is 5.09. The lowest BCUT2D eigenvalue weighted by molar-refractivity contribution is -0.137. The summed E-state index contributed by atoms with van der Waals surface area (Å²) in [7, 11) is 0. The number of hydrogen-bond acceptors (Lipinski definition) is 4. The topological polar surface area (TPSA) is 62.3 Å². The van der Waals surface area contributed by atoms with Gasteiger partial charge < -0.3 is 5.32 Å². The van der Waals surface area contributed by atoms with Crippen LogP contribution in [0.1, 0.15) is 16.7 Å². The maximum absolute atomic E-state index is 13.3. The van der Waals surface area contributed by atoms with Crippen LogP contribution in [0.5, 0.6) is 0 Å². The first-order valence-electron chi connectivity index (χ1n) is 9.22. The minimum absolute atomic E-state index is 0.110. The summed E-state index contributed by atoms with van der Waals surface area (Å²) >= 11 is 12.4. The second-order valence-electron chi connectivity index (χ2n) is 6.93. The van der Waals surface area contributed by atoms with Crippen LogP contribution >= 0.6 is 23.2 Å². The number of nitrogens with one attached hydrogen (secondary N) is 1. The minimum atomic E-state index is -0.428. The molecule has 4 rings (SSSR count). The summed E-state index contributed by atoms with van der Waals surface area (Å²) in [5.74, 6) is -0.852. The van der Waals surface area contributed by atoms with Gasteiger partial charge in [0.05, 0.1) is 17.1 Å². The second-order valence-corrected chi connectivity index (χ2v) is 7.77. The van der Waals surface area contributed by atoms with Crippen LogP contribution in [0.25, 0.3) is 5.57 Å². The van der Waals surface area contributed by atoms with Gasteiger partial charge in [0, 0.05) is 28.7 Å². The van der Waals surface area contributed by atoms with E-state index in [4.69, 9.17) is 23.2 Å². The molecule has 0 unspecified atom stereocenters. The van der Waals surface area contributed by atoms with E-state index in [0.717, 1.165) is 11.1 Å². The Labute approximate surface area is 183 Å². The van der Waals surface area contributed by atoms with Crippen molar-refractivity contribution in [2.45, 2.75) is 13.5 Å². The van der Waals surface area contributed by atoms with E-state index in [-0.39, 0.29) is 17.8 Å². The zero-order valence-electron chi connectivity index (χ0n) is 16.0. The molecule has 30 heavy (non-hydrogen) atoms. The molecule has 1 aromatic heterocycles. The fraction of sp³-hybridized carbons (Fsp3) is 0.0870. The van der Waals surface area contributed by atoms with E-state index in [9.17, 15) is 9.59 Å². The van der Waals surface area contributed by atoms with Gasteiger partial charge in [0.25, 0.3) is 11.8 Å². The number of anilines is 1. The highest BCUT2D eigenvalue weighted by Gasteiger charge is 2.40. The van der Waals surface area contributed by atoms with Crippen LogP contribution in [-0.2, 0) is 16.1 Å². The summed E-state index contributed by atoms with van der Waals surface area (Å²) in [6.45, 7) is 2.06. The first kappa shape index (κ1) is 20.1. The van der Waals surface area contributed by atoms with Crippen LogP contribution in [0, 0.1) is 6.92 Å². The summed E-state index contributed by atoms with van der Waals surface area (Å²) in [4.78, 5) is 31.8. The Kier molecular flexibility index (Phi) is 5.57. The third-order valence-electron chi connectivity index (χ3n) is 4.72. The number of aryl methyl sites for hydroxylation is 1. The molecule has 7 heteroatoms. The van der Waals surface area contributed by atoms with Gasteiger partial charge in [-0.3, -0.25) is 19.5 Å². The van der Waals surface area contributed by atoms with Crippen molar-refractivity contribution < 1.29 is 9.59 Å². The Morgan fingerprint density at radius 2 is 1.83 bits per heavy atom. The van der Waals surface area contributed by atoms with Gasteiger partial charge in [-0.25, -0.2) is 0 Å². The van der Waals surface area contributed by atoms with Gasteiger partial charge in [-0.1, -0.05) is 47.5 Å². The number of nitrogens with zero attached hydrogens (tertiary/aromatic N) is 2. The molecule has 1 aliphatic rings. The monoisotopic (exact) mass is 437 g/mol. The molecule has 150 valence electrons. The van der Waals surface area contributed by atoms with Crippen LogP contribution in [-0.4, -0.2) is 21.7 Å². The quantitative estimate of drug-likeness (QED) is 0.564. The van der Waals surface area contributed by atoms with Crippen molar-refractivity contribution in [3.05, 3.63) is 99.4 Å². The van der Waals surface area contributed by atoms with Crippen LogP contribution in [0.4, 0.5) is 5.69 Å². The summed E-state index contributed by atoms with van der Waals surface area (Å²) in [6, 6.07) is 16.0.